The van der Waals surface area contributed by atoms with E-state index in [0.717, 1.165) is 5.69 Å². The summed E-state index contributed by atoms with van der Waals surface area (Å²) in [6.07, 6.45) is 0.634. The second-order valence-electron chi connectivity index (χ2n) is 3.72. The summed E-state index contributed by atoms with van der Waals surface area (Å²) < 4.78 is 13.8. The largest absolute Gasteiger partial charge is 0.342 e. The van der Waals surface area contributed by atoms with Crippen molar-refractivity contribution in [2.75, 3.05) is 11.9 Å². The van der Waals surface area contributed by atoms with Crippen molar-refractivity contribution < 1.29 is 9.18 Å². The Morgan fingerprint density at radius 1 is 1.12 bits per heavy atom. The van der Waals surface area contributed by atoms with Gasteiger partial charge in [0.1, 0.15) is 12.1 Å². The van der Waals surface area contributed by atoms with Crippen LogP contribution in [0.1, 0.15) is 10.4 Å². The highest BCUT2D eigenvalue weighted by molar-refractivity contribution is 5.76. The molecular formula is C14H12FNO. The fraction of sp³-hybridized carbons (Fsp3) is 0.0714. The SMILES string of the molecule is CN(c1ccccc1)c1ccc(C=O)cc1F. The van der Waals surface area contributed by atoms with Crippen molar-refractivity contribution in [3.8, 4) is 0 Å². The number of rotatable bonds is 3. The molecule has 2 aromatic rings. The van der Waals surface area contributed by atoms with Gasteiger partial charge >= 0.3 is 0 Å². The molecule has 3 heteroatoms. The molecule has 86 valence electrons. The molecule has 2 rings (SSSR count). The Bertz CT molecular complexity index is 525. The molecule has 17 heavy (non-hydrogen) atoms. The lowest BCUT2D eigenvalue weighted by Gasteiger charge is -2.20. The van der Waals surface area contributed by atoms with Crippen LogP contribution in [0.3, 0.4) is 0 Å². The van der Waals surface area contributed by atoms with Crippen molar-refractivity contribution in [2.24, 2.45) is 0 Å². The zero-order valence-corrected chi connectivity index (χ0v) is 9.43. The third-order valence-electron chi connectivity index (χ3n) is 2.61. The van der Waals surface area contributed by atoms with Gasteiger partial charge in [-0.25, -0.2) is 4.39 Å². The Morgan fingerprint density at radius 2 is 1.82 bits per heavy atom. The van der Waals surface area contributed by atoms with E-state index >= 15 is 0 Å². The fourth-order valence-corrected chi connectivity index (χ4v) is 1.66. The number of hydrogen-bond acceptors (Lipinski definition) is 2. The predicted molar refractivity (Wildman–Crippen MR) is 66.3 cm³/mol. The number of carbonyl (C=O) groups is 1. The first-order chi connectivity index (χ1) is 8.22. The van der Waals surface area contributed by atoms with Gasteiger partial charge in [0.25, 0.3) is 0 Å². The highest BCUT2D eigenvalue weighted by atomic mass is 19.1. The van der Waals surface area contributed by atoms with Crippen LogP contribution in [0, 0.1) is 5.82 Å². The molecule has 0 heterocycles. The zero-order valence-electron chi connectivity index (χ0n) is 9.43. The Hall–Kier alpha value is -2.16. The lowest BCUT2D eigenvalue weighted by molar-refractivity contribution is 0.112. The van der Waals surface area contributed by atoms with Crippen LogP contribution in [-0.2, 0) is 0 Å². The molecule has 0 bridgehead atoms. The summed E-state index contributed by atoms with van der Waals surface area (Å²) in [6.45, 7) is 0. The number of carbonyl (C=O) groups excluding carboxylic acids is 1. The van der Waals surface area contributed by atoms with E-state index in [1.54, 1.807) is 24.1 Å². The molecule has 0 atom stereocenters. The van der Waals surface area contributed by atoms with Crippen LogP contribution in [0.15, 0.2) is 48.5 Å². The summed E-state index contributed by atoms with van der Waals surface area (Å²) in [5.41, 5.74) is 1.68. The number of hydrogen-bond donors (Lipinski definition) is 0. The molecule has 0 radical (unpaired) electrons. The van der Waals surface area contributed by atoms with Crippen LogP contribution in [0.2, 0.25) is 0 Å². The Labute approximate surface area is 99.3 Å². The van der Waals surface area contributed by atoms with Crippen molar-refractivity contribution in [1.29, 1.82) is 0 Å². The van der Waals surface area contributed by atoms with Gasteiger partial charge in [-0.15, -0.1) is 0 Å². The van der Waals surface area contributed by atoms with Gasteiger partial charge < -0.3 is 4.90 Å². The molecule has 0 aromatic heterocycles. The molecular weight excluding hydrogens is 217 g/mol. The predicted octanol–water partition coefficient (Wildman–Crippen LogP) is 3.41. The highest BCUT2D eigenvalue weighted by Crippen LogP contribution is 2.26. The van der Waals surface area contributed by atoms with Crippen LogP contribution in [0.4, 0.5) is 15.8 Å². The molecule has 0 saturated carbocycles. The molecule has 0 amide bonds. The Morgan fingerprint density at radius 3 is 2.41 bits per heavy atom. The lowest BCUT2D eigenvalue weighted by atomic mass is 10.2. The van der Waals surface area contributed by atoms with Gasteiger partial charge in [0.15, 0.2) is 0 Å². The summed E-state index contributed by atoms with van der Waals surface area (Å²) in [5, 5.41) is 0. The van der Waals surface area contributed by atoms with E-state index in [9.17, 15) is 9.18 Å². The standard InChI is InChI=1S/C14H12FNO/c1-16(12-5-3-2-4-6-12)14-8-7-11(10-17)9-13(14)15/h2-10H,1H3. The molecule has 0 aliphatic carbocycles. The van der Waals surface area contributed by atoms with Crippen LogP contribution in [-0.4, -0.2) is 13.3 Å². The van der Waals surface area contributed by atoms with Gasteiger partial charge in [-0.2, -0.15) is 0 Å². The van der Waals surface area contributed by atoms with Gasteiger partial charge in [-0.3, -0.25) is 4.79 Å². The van der Waals surface area contributed by atoms with Gasteiger partial charge in [-0.05, 0) is 30.3 Å². The van der Waals surface area contributed by atoms with Crippen molar-refractivity contribution in [1.82, 2.24) is 0 Å². The van der Waals surface area contributed by atoms with E-state index in [0.29, 0.717) is 17.5 Å². The average Bonchev–Trinajstić information content (AvgIpc) is 2.39. The number of benzene rings is 2. The summed E-state index contributed by atoms with van der Waals surface area (Å²) in [7, 11) is 1.79. The molecule has 0 N–H and O–H groups in total. The van der Waals surface area contributed by atoms with E-state index in [-0.39, 0.29) is 0 Å². The van der Waals surface area contributed by atoms with Crippen LogP contribution >= 0.6 is 0 Å². The summed E-state index contributed by atoms with van der Waals surface area (Å²) in [4.78, 5) is 12.3. The van der Waals surface area contributed by atoms with Crippen LogP contribution in [0.25, 0.3) is 0 Å². The van der Waals surface area contributed by atoms with Crippen molar-refractivity contribution in [3.05, 3.63) is 59.9 Å². The molecule has 0 aliphatic heterocycles. The number of anilines is 2. The summed E-state index contributed by atoms with van der Waals surface area (Å²) in [5.74, 6) is -0.402. The summed E-state index contributed by atoms with van der Waals surface area (Å²) >= 11 is 0. The minimum absolute atomic E-state index is 0.340. The molecule has 0 fully saturated rings. The third kappa shape index (κ3) is 2.33. The lowest BCUT2D eigenvalue weighted by Crippen LogP contribution is -2.11. The van der Waals surface area contributed by atoms with E-state index < -0.39 is 5.82 Å². The van der Waals surface area contributed by atoms with Gasteiger partial charge in [0.05, 0.1) is 5.69 Å². The maximum absolute atomic E-state index is 13.8. The highest BCUT2D eigenvalue weighted by Gasteiger charge is 2.09. The zero-order chi connectivity index (χ0) is 12.3. The molecule has 0 spiro atoms. The smallest absolute Gasteiger partial charge is 0.150 e. The second-order valence-corrected chi connectivity index (χ2v) is 3.72. The minimum Gasteiger partial charge on any atom is -0.342 e. The van der Waals surface area contributed by atoms with E-state index in [1.807, 2.05) is 30.3 Å². The van der Waals surface area contributed by atoms with Crippen molar-refractivity contribution >= 4 is 17.7 Å². The number of aldehydes is 1. The minimum atomic E-state index is -0.402. The molecule has 0 aliphatic rings. The fourth-order valence-electron chi connectivity index (χ4n) is 1.66. The number of halogens is 1. The van der Waals surface area contributed by atoms with Crippen molar-refractivity contribution in [3.63, 3.8) is 0 Å². The maximum Gasteiger partial charge on any atom is 0.150 e. The second kappa shape index (κ2) is 4.78. The van der Waals surface area contributed by atoms with Crippen molar-refractivity contribution in [2.45, 2.75) is 0 Å². The van der Waals surface area contributed by atoms with Crippen LogP contribution in [0.5, 0.6) is 0 Å². The first kappa shape index (κ1) is 11.3. The monoisotopic (exact) mass is 229 g/mol. The van der Waals surface area contributed by atoms with E-state index in [2.05, 4.69) is 0 Å². The first-order valence-electron chi connectivity index (χ1n) is 5.26. The van der Waals surface area contributed by atoms with Gasteiger partial charge in [0, 0.05) is 18.3 Å². The quantitative estimate of drug-likeness (QED) is 0.752. The van der Waals surface area contributed by atoms with Gasteiger partial charge in [0.2, 0.25) is 0 Å². The average molecular weight is 229 g/mol. The summed E-state index contributed by atoms with van der Waals surface area (Å²) in [6, 6.07) is 13.9. The molecule has 0 unspecified atom stereocenters. The topological polar surface area (TPSA) is 20.3 Å². The molecule has 2 aromatic carbocycles. The van der Waals surface area contributed by atoms with Gasteiger partial charge in [-0.1, -0.05) is 18.2 Å². The first-order valence-corrected chi connectivity index (χ1v) is 5.26. The maximum atomic E-state index is 13.8. The van der Waals surface area contributed by atoms with E-state index in [4.69, 9.17) is 0 Å². The number of para-hydroxylation sites is 1. The number of nitrogens with zero attached hydrogens (tertiary/aromatic N) is 1. The normalized spacial score (nSPS) is 10.0. The molecule has 2 nitrogen and oxygen atoms in total. The van der Waals surface area contributed by atoms with Crippen LogP contribution < -0.4 is 4.90 Å². The Balaban J connectivity index is 2.38. The van der Waals surface area contributed by atoms with E-state index in [1.165, 1.54) is 6.07 Å². The molecule has 0 saturated heterocycles. The third-order valence-corrected chi connectivity index (χ3v) is 2.61. The Kier molecular flexibility index (Phi) is 3.19.